The van der Waals surface area contributed by atoms with Crippen molar-refractivity contribution in [2.24, 2.45) is 0 Å². The van der Waals surface area contributed by atoms with E-state index in [-0.39, 0.29) is 11.7 Å². The molecule has 0 fully saturated rings. The molecule has 4 rings (SSSR count). The smallest absolute Gasteiger partial charge is 0.175 e. The van der Waals surface area contributed by atoms with Gasteiger partial charge >= 0.3 is 0 Å². The van der Waals surface area contributed by atoms with Crippen LogP contribution in [0.4, 0.5) is 0 Å². The van der Waals surface area contributed by atoms with Crippen LogP contribution < -0.4 is 5.32 Å². The predicted octanol–water partition coefficient (Wildman–Crippen LogP) is 5.58. The number of nitrogens with zero attached hydrogens (tertiary/aromatic N) is 2. The van der Waals surface area contributed by atoms with Crippen LogP contribution in [0, 0.1) is 0 Å². The van der Waals surface area contributed by atoms with E-state index >= 15 is 0 Å². The Morgan fingerprint density at radius 2 is 1.54 bits per heavy atom. The summed E-state index contributed by atoms with van der Waals surface area (Å²) in [4.78, 5) is 6.16. The molecule has 1 aliphatic rings. The van der Waals surface area contributed by atoms with E-state index in [1.165, 1.54) is 10.5 Å². The Morgan fingerprint density at radius 1 is 0.923 bits per heavy atom. The molecule has 3 nitrogen and oxygen atoms in total. The average molecular weight is 362 g/mol. The van der Waals surface area contributed by atoms with Crippen LogP contribution >= 0.6 is 11.8 Å². The van der Waals surface area contributed by atoms with Gasteiger partial charge in [0, 0.05) is 22.2 Å². The zero-order valence-corrected chi connectivity index (χ0v) is 16.1. The molecule has 0 bridgehead atoms. The van der Waals surface area contributed by atoms with Gasteiger partial charge in [-0.15, -0.1) is 0 Å². The number of hydrogen-bond acceptors (Lipinski definition) is 3. The van der Waals surface area contributed by atoms with E-state index in [0.717, 1.165) is 16.4 Å². The molecule has 2 heterocycles. The van der Waals surface area contributed by atoms with Gasteiger partial charge in [0.05, 0.1) is 5.69 Å². The summed E-state index contributed by atoms with van der Waals surface area (Å²) in [5.74, 6) is 0. The van der Waals surface area contributed by atoms with Gasteiger partial charge in [-0.25, -0.2) is 4.98 Å². The molecule has 3 aromatic rings. The summed E-state index contributed by atoms with van der Waals surface area (Å²) in [6.07, 6.45) is 4.53. The van der Waals surface area contributed by atoms with Gasteiger partial charge in [-0.1, -0.05) is 72.4 Å². The number of benzene rings is 2. The highest BCUT2D eigenvalue weighted by Gasteiger charge is 2.26. The van der Waals surface area contributed by atoms with Crippen molar-refractivity contribution in [1.82, 2.24) is 14.9 Å². The Balaban J connectivity index is 1.76. The van der Waals surface area contributed by atoms with Gasteiger partial charge in [-0.2, -0.15) is 0 Å². The van der Waals surface area contributed by atoms with E-state index in [2.05, 4.69) is 97.5 Å². The first-order valence-electron chi connectivity index (χ1n) is 8.87. The maximum absolute atomic E-state index is 4.92. The molecule has 2 aromatic carbocycles. The topological polar surface area (TPSA) is 29.9 Å². The number of aromatic nitrogens is 2. The minimum atomic E-state index is -0.000574. The Morgan fingerprint density at radius 3 is 2.15 bits per heavy atom. The molecule has 0 aliphatic carbocycles. The minimum Gasteiger partial charge on any atom is -0.305 e. The predicted molar refractivity (Wildman–Crippen MR) is 110 cm³/mol. The van der Waals surface area contributed by atoms with Crippen molar-refractivity contribution in [1.29, 1.82) is 0 Å². The van der Waals surface area contributed by atoms with Crippen LogP contribution in [0.15, 0.2) is 78.1 Å². The first-order chi connectivity index (χ1) is 12.5. The second kappa shape index (κ2) is 6.78. The Hall–Kier alpha value is -2.30. The SMILES string of the molecule is CC(C)(C)N[C@H]1C=C(c2ccccc2)Sc2nc(-c3ccccc3)cn21. The van der Waals surface area contributed by atoms with Crippen LogP contribution in [0.25, 0.3) is 16.2 Å². The fourth-order valence-electron chi connectivity index (χ4n) is 3.07. The Bertz CT molecular complexity index is 921. The lowest BCUT2D eigenvalue weighted by Crippen LogP contribution is -2.41. The van der Waals surface area contributed by atoms with Crippen LogP contribution in [0.3, 0.4) is 0 Å². The van der Waals surface area contributed by atoms with Gasteiger partial charge < -0.3 is 4.57 Å². The summed E-state index contributed by atoms with van der Waals surface area (Å²) in [5, 5.41) is 4.73. The fraction of sp³-hybridized carbons (Fsp3) is 0.227. The van der Waals surface area contributed by atoms with Gasteiger partial charge in [0.2, 0.25) is 0 Å². The Kier molecular flexibility index (Phi) is 4.47. The third-order valence-corrected chi connectivity index (χ3v) is 5.29. The number of hydrogen-bond donors (Lipinski definition) is 1. The number of nitrogens with one attached hydrogen (secondary N) is 1. The molecule has 0 amide bonds. The first-order valence-corrected chi connectivity index (χ1v) is 9.68. The molecule has 132 valence electrons. The lowest BCUT2D eigenvalue weighted by Gasteiger charge is -2.31. The highest BCUT2D eigenvalue weighted by atomic mass is 32.2. The number of thioether (sulfide) groups is 1. The summed E-state index contributed by atoms with van der Waals surface area (Å²) >= 11 is 1.73. The summed E-state index contributed by atoms with van der Waals surface area (Å²) < 4.78 is 2.24. The molecule has 0 unspecified atom stereocenters. The molecule has 1 N–H and O–H groups in total. The van der Waals surface area contributed by atoms with E-state index < -0.39 is 0 Å². The number of fused-ring (bicyclic) bond motifs is 1. The van der Waals surface area contributed by atoms with Crippen molar-refractivity contribution in [3.8, 4) is 11.3 Å². The highest BCUT2D eigenvalue weighted by molar-refractivity contribution is 8.08. The van der Waals surface area contributed by atoms with E-state index in [1.54, 1.807) is 11.8 Å². The summed E-state index contributed by atoms with van der Waals surface area (Å²) in [6.45, 7) is 6.58. The molecule has 0 radical (unpaired) electrons. The monoisotopic (exact) mass is 361 g/mol. The molecule has 0 spiro atoms. The molecular formula is C22H23N3S. The molecule has 1 aliphatic heterocycles. The van der Waals surface area contributed by atoms with Crippen LogP contribution in [-0.4, -0.2) is 15.1 Å². The normalized spacial score (nSPS) is 16.9. The van der Waals surface area contributed by atoms with Gasteiger partial charge in [-0.3, -0.25) is 5.32 Å². The standard InChI is InChI=1S/C22H23N3S/c1-22(2,3)24-20-14-19(17-12-8-5-9-13-17)26-21-23-18(15-25(20)21)16-10-6-4-7-11-16/h4-15,20,24H,1-3H3/t20-/m1/s1. The average Bonchev–Trinajstić information content (AvgIpc) is 3.06. The molecule has 1 atom stereocenters. The van der Waals surface area contributed by atoms with E-state index in [4.69, 9.17) is 4.98 Å². The van der Waals surface area contributed by atoms with E-state index in [1.807, 2.05) is 6.07 Å². The molecular weight excluding hydrogens is 338 g/mol. The van der Waals surface area contributed by atoms with Crippen LogP contribution in [-0.2, 0) is 0 Å². The third kappa shape index (κ3) is 3.62. The van der Waals surface area contributed by atoms with Gasteiger partial charge in [0.15, 0.2) is 5.16 Å². The van der Waals surface area contributed by atoms with Crippen LogP contribution in [0.1, 0.15) is 32.5 Å². The first kappa shape index (κ1) is 17.1. The van der Waals surface area contributed by atoms with Crippen molar-refractivity contribution in [2.45, 2.75) is 37.6 Å². The molecule has 26 heavy (non-hydrogen) atoms. The van der Waals surface area contributed by atoms with Gasteiger partial charge in [0.25, 0.3) is 0 Å². The molecule has 1 aromatic heterocycles. The summed E-state index contributed by atoms with van der Waals surface area (Å²) in [6, 6.07) is 20.9. The number of rotatable bonds is 3. The zero-order valence-electron chi connectivity index (χ0n) is 15.3. The minimum absolute atomic E-state index is 0.000574. The van der Waals surface area contributed by atoms with Gasteiger partial charge in [-0.05, 0) is 32.4 Å². The van der Waals surface area contributed by atoms with Gasteiger partial charge in [0.1, 0.15) is 6.17 Å². The summed E-state index contributed by atoms with van der Waals surface area (Å²) in [7, 11) is 0. The number of imidazole rings is 1. The van der Waals surface area contributed by atoms with E-state index in [9.17, 15) is 0 Å². The second-order valence-corrected chi connectivity index (χ2v) is 8.53. The third-order valence-electron chi connectivity index (χ3n) is 4.22. The van der Waals surface area contributed by atoms with Crippen LogP contribution in [0.2, 0.25) is 0 Å². The fourth-order valence-corrected chi connectivity index (χ4v) is 4.13. The van der Waals surface area contributed by atoms with Crippen molar-refractivity contribution in [3.63, 3.8) is 0 Å². The molecule has 0 saturated carbocycles. The lowest BCUT2D eigenvalue weighted by molar-refractivity contribution is 0.328. The maximum Gasteiger partial charge on any atom is 0.175 e. The van der Waals surface area contributed by atoms with E-state index in [0.29, 0.717) is 0 Å². The quantitative estimate of drug-likeness (QED) is 0.660. The van der Waals surface area contributed by atoms with Crippen LogP contribution in [0.5, 0.6) is 0 Å². The maximum atomic E-state index is 4.92. The van der Waals surface area contributed by atoms with Crippen molar-refractivity contribution in [2.75, 3.05) is 0 Å². The van der Waals surface area contributed by atoms with Crippen molar-refractivity contribution in [3.05, 3.63) is 78.5 Å². The Labute approximate surface area is 159 Å². The highest BCUT2D eigenvalue weighted by Crippen LogP contribution is 2.41. The molecule has 0 saturated heterocycles. The molecule has 4 heteroatoms. The zero-order chi connectivity index (χ0) is 18.1. The lowest BCUT2D eigenvalue weighted by atomic mass is 10.1. The largest absolute Gasteiger partial charge is 0.305 e. The summed E-state index contributed by atoms with van der Waals surface area (Å²) in [5.41, 5.74) is 3.38. The van der Waals surface area contributed by atoms with Crippen molar-refractivity contribution < 1.29 is 0 Å². The van der Waals surface area contributed by atoms with Crippen molar-refractivity contribution >= 4 is 16.7 Å². The second-order valence-electron chi connectivity index (χ2n) is 7.52.